The zero-order chi connectivity index (χ0) is 16.1. The maximum atomic E-state index is 12.6. The fourth-order valence-electron chi connectivity index (χ4n) is 2.72. The predicted octanol–water partition coefficient (Wildman–Crippen LogP) is 2.48. The Balaban J connectivity index is 1.88. The van der Waals surface area contributed by atoms with Crippen molar-refractivity contribution in [3.8, 4) is 0 Å². The number of hydrogen-bond donors (Lipinski definition) is 1. The lowest BCUT2D eigenvalue weighted by molar-refractivity contribution is -0.123. The van der Waals surface area contributed by atoms with Crippen LogP contribution in [0.5, 0.6) is 0 Å². The molecule has 1 saturated heterocycles. The highest BCUT2D eigenvalue weighted by Gasteiger charge is 2.29. The Morgan fingerprint density at radius 3 is 2.32 bits per heavy atom. The van der Waals surface area contributed by atoms with Crippen molar-refractivity contribution < 1.29 is 9.59 Å². The van der Waals surface area contributed by atoms with Crippen LogP contribution < -0.4 is 10.2 Å². The van der Waals surface area contributed by atoms with Crippen LogP contribution in [-0.4, -0.2) is 43.0 Å². The van der Waals surface area contributed by atoms with Gasteiger partial charge in [0.05, 0.1) is 0 Å². The molecule has 1 heterocycles. The van der Waals surface area contributed by atoms with Crippen molar-refractivity contribution in [2.45, 2.75) is 32.7 Å². The molecule has 5 nitrogen and oxygen atoms in total. The first-order valence-corrected chi connectivity index (χ1v) is 7.87. The SMILES string of the molecule is CC(C)NC(=O)N1CCC(C(=O)N(C)c2ccccc2)CC1. The lowest BCUT2D eigenvalue weighted by Gasteiger charge is -2.33. The van der Waals surface area contributed by atoms with Crippen molar-refractivity contribution >= 4 is 17.6 Å². The first-order valence-electron chi connectivity index (χ1n) is 7.87. The number of nitrogens with zero attached hydrogens (tertiary/aromatic N) is 2. The Hall–Kier alpha value is -2.04. The average Bonchev–Trinajstić information content (AvgIpc) is 2.54. The third kappa shape index (κ3) is 4.00. The summed E-state index contributed by atoms with van der Waals surface area (Å²) in [6, 6.07) is 9.77. The molecule has 1 fully saturated rings. The third-order valence-corrected chi connectivity index (χ3v) is 4.02. The maximum absolute atomic E-state index is 12.6. The van der Waals surface area contributed by atoms with E-state index in [-0.39, 0.29) is 23.9 Å². The molecule has 0 spiro atoms. The number of carbonyl (C=O) groups excluding carboxylic acids is 2. The van der Waals surface area contributed by atoms with Gasteiger partial charge in [-0.25, -0.2) is 4.79 Å². The summed E-state index contributed by atoms with van der Waals surface area (Å²) in [6.45, 7) is 5.17. The Labute approximate surface area is 132 Å². The molecule has 2 rings (SSSR count). The first-order chi connectivity index (χ1) is 10.5. The van der Waals surface area contributed by atoms with Crippen LogP contribution in [0.25, 0.3) is 0 Å². The van der Waals surface area contributed by atoms with Gasteiger partial charge in [0.1, 0.15) is 0 Å². The average molecular weight is 303 g/mol. The molecular formula is C17H25N3O2. The molecule has 1 aliphatic heterocycles. The van der Waals surface area contributed by atoms with Gasteiger partial charge >= 0.3 is 6.03 Å². The molecule has 0 bridgehead atoms. The molecular weight excluding hydrogens is 278 g/mol. The van der Waals surface area contributed by atoms with E-state index >= 15 is 0 Å². The zero-order valence-corrected chi connectivity index (χ0v) is 13.6. The van der Waals surface area contributed by atoms with Crippen LogP contribution in [0.2, 0.25) is 0 Å². The Morgan fingerprint density at radius 1 is 1.18 bits per heavy atom. The molecule has 3 amide bonds. The molecule has 0 radical (unpaired) electrons. The highest BCUT2D eigenvalue weighted by Crippen LogP contribution is 2.22. The van der Waals surface area contributed by atoms with Crippen molar-refractivity contribution in [1.29, 1.82) is 0 Å². The summed E-state index contributed by atoms with van der Waals surface area (Å²) in [7, 11) is 1.81. The van der Waals surface area contributed by atoms with Gasteiger partial charge in [0, 0.05) is 37.8 Å². The van der Waals surface area contributed by atoms with Gasteiger partial charge in [-0.05, 0) is 38.8 Å². The molecule has 1 aromatic rings. The van der Waals surface area contributed by atoms with Crippen molar-refractivity contribution in [1.82, 2.24) is 10.2 Å². The third-order valence-electron chi connectivity index (χ3n) is 4.02. The minimum atomic E-state index is -0.0303. The molecule has 5 heteroatoms. The van der Waals surface area contributed by atoms with Gasteiger partial charge < -0.3 is 15.1 Å². The number of piperidine rings is 1. The summed E-state index contributed by atoms with van der Waals surface area (Å²) in [4.78, 5) is 28.0. The van der Waals surface area contributed by atoms with Crippen LogP contribution >= 0.6 is 0 Å². The number of benzene rings is 1. The van der Waals surface area contributed by atoms with E-state index in [1.54, 1.807) is 9.80 Å². The Bertz CT molecular complexity index is 508. The van der Waals surface area contributed by atoms with E-state index in [0.29, 0.717) is 13.1 Å². The molecule has 1 N–H and O–H groups in total. The number of likely N-dealkylation sites (tertiary alicyclic amines) is 1. The number of carbonyl (C=O) groups is 2. The predicted molar refractivity (Wildman–Crippen MR) is 87.8 cm³/mol. The van der Waals surface area contributed by atoms with Gasteiger partial charge in [0.2, 0.25) is 5.91 Å². The molecule has 0 unspecified atom stereocenters. The fraction of sp³-hybridized carbons (Fsp3) is 0.529. The summed E-state index contributed by atoms with van der Waals surface area (Å²) in [5.41, 5.74) is 0.910. The summed E-state index contributed by atoms with van der Waals surface area (Å²) in [5, 5.41) is 2.90. The first kappa shape index (κ1) is 16.3. The minimum Gasteiger partial charge on any atom is -0.336 e. The van der Waals surface area contributed by atoms with Gasteiger partial charge in [0.25, 0.3) is 0 Å². The second kappa shape index (κ2) is 7.29. The van der Waals surface area contributed by atoms with E-state index in [1.165, 1.54) is 0 Å². The molecule has 0 aliphatic carbocycles. The molecule has 120 valence electrons. The molecule has 0 atom stereocenters. The van der Waals surface area contributed by atoms with E-state index < -0.39 is 0 Å². The van der Waals surface area contributed by atoms with Gasteiger partial charge in [-0.3, -0.25) is 4.79 Å². The summed E-state index contributed by atoms with van der Waals surface area (Å²) in [5.74, 6) is 0.128. The van der Waals surface area contributed by atoms with Gasteiger partial charge in [-0.15, -0.1) is 0 Å². The van der Waals surface area contributed by atoms with Crippen molar-refractivity contribution in [3.05, 3.63) is 30.3 Å². The number of hydrogen-bond acceptors (Lipinski definition) is 2. The number of amides is 3. The standard InChI is InChI=1S/C17H25N3O2/c1-13(2)18-17(22)20-11-9-14(10-12-20)16(21)19(3)15-7-5-4-6-8-15/h4-8,13-14H,9-12H2,1-3H3,(H,18,22). The van der Waals surface area contributed by atoms with Crippen LogP contribution in [0.15, 0.2) is 30.3 Å². The molecule has 22 heavy (non-hydrogen) atoms. The maximum Gasteiger partial charge on any atom is 0.317 e. The van der Waals surface area contributed by atoms with Crippen LogP contribution in [0, 0.1) is 5.92 Å². The molecule has 1 aliphatic rings. The summed E-state index contributed by atoms with van der Waals surface area (Å²) >= 11 is 0. The second-order valence-corrected chi connectivity index (χ2v) is 6.10. The quantitative estimate of drug-likeness (QED) is 0.932. The zero-order valence-electron chi connectivity index (χ0n) is 13.6. The number of para-hydroxylation sites is 1. The number of urea groups is 1. The molecule has 1 aromatic carbocycles. The van der Waals surface area contributed by atoms with Crippen molar-refractivity contribution in [2.75, 3.05) is 25.0 Å². The Morgan fingerprint density at radius 2 is 1.77 bits per heavy atom. The highest BCUT2D eigenvalue weighted by molar-refractivity contribution is 5.94. The van der Waals surface area contributed by atoms with E-state index in [9.17, 15) is 9.59 Å². The van der Waals surface area contributed by atoms with Crippen LogP contribution in [0.4, 0.5) is 10.5 Å². The highest BCUT2D eigenvalue weighted by atomic mass is 16.2. The molecule has 0 saturated carbocycles. The topological polar surface area (TPSA) is 52.7 Å². The van der Waals surface area contributed by atoms with E-state index in [4.69, 9.17) is 0 Å². The smallest absolute Gasteiger partial charge is 0.317 e. The lowest BCUT2D eigenvalue weighted by atomic mass is 9.95. The summed E-state index contributed by atoms with van der Waals surface area (Å²) < 4.78 is 0. The van der Waals surface area contributed by atoms with Crippen molar-refractivity contribution in [3.63, 3.8) is 0 Å². The largest absolute Gasteiger partial charge is 0.336 e. The van der Waals surface area contributed by atoms with Gasteiger partial charge in [-0.1, -0.05) is 18.2 Å². The van der Waals surface area contributed by atoms with Gasteiger partial charge in [-0.2, -0.15) is 0 Å². The number of rotatable bonds is 3. The number of nitrogens with one attached hydrogen (secondary N) is 1. The second-order valence-electron chi connectivity index (χ2n) is 6.10. The van der Waals surface area contributed by atoms with E-state index in [1.807, 2.05) is 51.2 Å². The normalized spacial score (nSPS) is 15.7. The Kier molecular flexibility index (Phi) is 5.41. The molecule has 0 aromatic heterocycles. The summed E-state index contributed by atoms with van der Waals surface area (Å²) in [6.07, 6.45) is 1.45. The van der Waals surface area contributed by atoms with Crippen molar-refractivity contribution in [2.24, 2.45) is 5.92 Å². The fourth-order valence-corrected chi connectivity index (χ4v) is 2.72. The van der Waals surface area contributed by atoms with Gasteiger partial charge in [0.15, 0.2) is 0 Å². The monoisotopic (exact) mass is 303 g/mol. The van der Waals surface area contributed by atoms with E-state index in [0.717, 1.165) is 18.5 Å². The van der Waals surface area contributed by atoms with Crippen LogP contribution in [-0.2, 0) is 4.79 Å². The van der Waals surface area contributed by atoms with Crippen LogP contribution in [0.3, 0.4) is 0 Å². The lowest BCUT2D eigenvalue weighted by Crippen LogP contribution is -2.48. The minimum absolute atomic E-state index is 0.00620. The van der Waals surface area contributed by atoms with Crippen LogP contribution in [0.1, 0.15) is 26.7 Å². The van der Waals surface area contributed by atoms with E-state index in [2.05, 4.69) is 5.32 Å². The number of anilines is 1.